The van der Waals surface area contributed by atoms with Crippen LogP contribution in [0, 0.1) is 12.8 Å². The fourth-order valence-electron chi connectivity index (χ4n) is 3.58. The van der Waals surface area contributed by atoms with E-state index in [0.29, 0.717) is 11.5 Å². The van der Waals surface area contributed by atoms with E-state index in [9.17, 15) is 9.90 Å². The van der Waals surface area contributed by atoms with Crippen molar-refractivity contribution in [3.8, 4) is 0 Å². The zero-order valence-electron chi connectivity index (χ0n) is 15.3. The number of carbonyl (C=O) groups is 1. The third-order valence-electron chi connectivity index (χ3n) is 5.39. The van der Waals surface area contributed by atoms with Crippen LogP contribution in [0.15, 0.2) is 12.3 Å². The Bertz CT molecular complexity index is 747. The van der Waals surface area contributed by atoms with Gasteiger partial charge in [-0.3, -0.25) is 4.79 Å². The molecule has 0 radical (unpaired) electrons. The molecular formula is C19H28N4O2. The van der Waals surface area contributed by atoms with Crippen molar-refractivity contribution in [2.45, 2.75) is 65.0 Å². The van der Waals surface area contributed by atoms with E-state index in [2.05, 4.69) is 29.2 Å². The van der Waals surface area contributed by atoms with Gasteiger partial charge in [-0.25, -0.2) is 9.67 Å². The van der Waals surface area contributed by atoms with Gasteiger partial charge in [0.2, 0.25) is 0 Å². The summed E-state index contributed by atoms with van der Waals surface area (Å²) in [5.41, 5.74) is 2.26. The number of aromatic nitrogens is 3. The molecule has 0 spiro atoms. The second-order valence-corrected chi connectivity index (χ2v) is 7.27. The van der Waals surface area contributed by atoms with E-state index in [1.807, 2.05) is 17.7 Å². The van der Waals surface area contributed by atoms with E-state index >= 15 is 0 Å². The molecule has 1 amide bonds. The second-order valence-electron chi connectivity index (χ2n) is 7.27. The number of aliphatic hydroxyl groups excluding tert-OH is 1. The number of rotatable bonds is 5. The summed E-state index contributed by atoms with van der Waals surface area (Å²) in [6.45, 7) is 6.39. The predicted octanol–water partition coefficient (Wildman–Crippen LogP) is 2.99. The van der Waals surface area contributed by atoms with Crippen LogP contribution < -0.4 is 5.32 Å². The van der Waals surface area contributed by atoms with Crippen molar-refractivity contribution in [2.24, 2.45) is 5.92 Å². The Kier molecular flexibility index (Phi) is 5.37. The molecular weight excluding hydrogens is 316 g/mol. The summed E-state index contributed by atoms with van der Waals surface area (Å²) < 4.78 is 1.91. The molecule has 1 fully saturated rings. The Hall–Kier alpha value is -1.95. The molecule has 2 N–H and O–H groups in total. The average molecular weight is 344 g/mol. The summed E-state index contributed by atoms with van der Waals surface area (Å²) in [6, 6.07) is 2.28. The van der Waals surface area contributed by atoms with E-state index in [0.717, 1.165) is 48.8 Å². The lowest BCUT2D eigenvalue weighted by atomic mass is 9.86. The van der Waals surface area contributed by atoms with Gasteiger partial charge in [-0.05, 0) is 57.9 Å². The van der Waals surface area contributed by atoms with Gasteiger partial charge >= 0.3 is 0 Å². The zero-order chi connectivity index (χ0) is 18.0. The molecule has 0 saturated heterocycles. The lowest BCUT2D eigenvalue weighted by molar-refractivity contribution is 0.0915. The van der Waals surface area contributed by atoms with Crippen molar-refractivity contribution in [1.82, 2.24) is 20.1 Å². The monoisotopic (exact) mass is 344 g/mol. The molecule has 1 atom stereocenters. The number of hydrogen-bond acceptors (Lipinski definition) is 4. The van der Waals surface area contributed by atoms with Gasteiger partial charge in [0.25, 0.3) is 5.91 Å². The smallest absolute Gasteiger partial charge is 0.252 e. The molecule has 0 aromatic carbocycles. The Labute approximate surface area is 148 Å². The summed E-state index contributed by atoms with van der Waals surface area (Å²) in [5.74, 6) is 0.337. The lowest BCUT2D eigenvalue weighted by Crippen LogP contribution is -2.38. The summed E-state index contributed by atoms with van der Waals surface area (Å²) in [6.07, 6.45) is 6.51. The highest BCUT2D eigenvalue weighted by molar-refractivity contribution is 6.05. The van der Waals surface area contributed by atoms with Crippen LogP contribution in [0.5, 0.6) is 0 Å². The van der Waals surface area contributed by atoms with Gasteiger partial charge in [-0.1, -0.05) is 6.92 Å². The van der Waals surface area contributed by atoms with Crippen LogP contribution in [0.2, 0.25) is 0 Å². The summed E-state index contributed by atoms with van der Waals surface area (Å²) in [5, 5.41) is 17.7. The molecule has 1 saturated carbocycles. The maximum absolute atomic E-state index is 12.9. The van der Waals surface area contributed by atoms with Crippen molar-refractivity contribution in [3.05, 3.63) is 23.5 Å². The van der Waals surface area contributed by atoms with E-state index in [1.54, 1.807) is 6.20 Å². The Balaban J connectivity index is 1.83. The summed E-state index contributed by atoms with van der Waals surface area (Å²) >= 11 is 0. The molecule has 1 aliphatic rings. The van der Waals surface area contributed by atoms with Crippen LogP contribution in [-0.4, -0.2) is 38.4 Å². The van der Waals surface area contributed by atoms with E-state index in [-0.39, 0.29) is 24.6 Å². The molecule has 1 unspecified atom stereocenters. The van der Waals surface area contributed by atoms with Crippen molar-refractivity contribution in [3.63, 3.8) is 0 Å². The van der Waals surface area contributed by atoms with Crippen LogP contribution >= 0.6 is 0 Å². The van der Waals surface area contributed by atoms with Crippen molar-refractivity contribution < 1.29 is 9.90 Å². The molecule has 2 aromatic heterocycles. The molecule has 0 bridgehead atoms. The first-order valence-electron chi connectivity index (χ1n) is 9.30. The highest BCUT2D eigenvalue weighted by Crippen LogP contribution is 2.25. The fourth-order valence-corrected chi connectivity index (χ4v) is 3.58. The fraction of sp³-hybridized carbons (Fsp3) is 0.632. The van der Waals surface area contributed by atoms with Crippen LogP contribution in [0.25, 0.3) is 11.0 Å². The molecule has 3 rings (SSSR count). The van der Waals surface area contributed by atoms with Crippen LogP contribution in [0.4, 0.5) is 0 Å². The normalized spacial score (nSPS) is 22.1. The molecule has 6 heteroatoms. The van der Waals surface area contributed by atoms with E-state index < -0.39 is 0 Å². The Morgan fingerprint density at radius 1 is 1.40 bits per heavy atom. The minimum absolute atomic E-state index is 0.0494. The first-order valence-corrected chi connectivity index (χ1v) is 9.30. The minimum atomic E-state index is -0.0494. The molecule has 2 aromatic rings. The molecule has 0 aliphatic heterocycles. The van der Waals surface area contributed by atoms with Crippen LogP contribution in [-0.2, 0) is 0 Å². The second kappa shape index (κ2) is 7.52. The van der Waals surface area contributed by atoms with Crippen LogP contribution in [0.1, 0.15) is 68.0 Å². The standard InChI is InChI=1S/C19H28N4O2/c1-4-13(3)23-18-17(10-20-23)16(9-12(2)21-18)19(25)22-15-7-5-14(11-24)6-8-15/h9-10,13-15,24H,4-8,11H2,1-3H3,(H,22,25). The number of fused-ring (bicyclic) bond motifs is 1. The first kappa shape index (κ1) is 17.9. The zero-order valence-corrected chi connectivity index (χ0v) is 15.3. The Morgan fingerprint density at radius 3 is 2.76 bits per heavy atom. The van der Waals surface area contributed by atoms with Crippen molar-refractivity contribution in [2.75, 3.05) is 6.61 Å². The van der Waals surface area contributed by atoms with Gasteiger partial charge in [0, 0.05) is 18.3 Å². The highest BCUT2D eigenvalue weighted by atomic mass is 16.3. The SMILES string of the molecule is CCC(C)n1ncc2c(C(=O)NC3CCC(CO)CC3)cc(C)nc21. The van der Waals surface area contributed by atoms with Crippen molar-refractivity contribution >= 4 is 16.9 Å². The van der Waals surface area contributed by atoms with E-state index in [1.165, 1.54) is 0 Å². The lowest BCUT2D eigenvalue weighted by Gasteiger charge is -2.28. The topological polar surface area (TPSA) is 80.0 Å². The van der Waals surface area contributed by atoms with Gasteiger partial charge in [-0.15, -0.1) is 0 Å². The number of carbonyl (C=O) groups excluding carboxylic acids is 1. The van der Waals surface area contributed by atoms with Gasteiger partial charge in [-0.2, -0.15) is 5.10 Å². The number of aliphatic hydroxyl groups is 1. The molecule has 25 heavy (non-hydrogen) atoms. The molecule has 1 aliphatic carbocycles. The third kappa shape index (κ3) is 3.68. The average Bonchev–Trinajstić information content (AvgIpc) is 3.04. The molecule has 6 nitrogen and oxygen atoms in total. The Morgan fingerprint density at radius 2 is 2.12 bits per heavy atom. The van der Waals surface area contributed by atoms with Gasteiger partial charge < -0.3 is 10.4 Å². The van der Waals surface area contributed by atoms with Gasteiger partial charge in [0.1, 0.15) is 0 Å². The maximum atomic E-state index is 12.9. The maximum Gasteiger partial charge on any atom is 0.252 e. The minimum Gasteiger partial charge on any atom is -0.396 e. The third-order valence-corrected chi connectivity index (χ3v) is 5.39. The number of nitrogens with one attached hydrogen (secondary N) is 1. The van der Waals surface area contributed by atoms with Crippen LogP contribution in [0.3, 0.4) is 0 Å². The van der Waals surface area contributed by atoms with Gasteiger partial charge in [0.05, 0.1) is 23.2 Å². The number of nitrogens with zero attached hydrogens (tertiary/aromatic N) is 3. The quantitative estimate of drug-likeness (QED) is 0.874. The number of pyridine rings is 1. The molecule has 2 heterocycles. The van der Waals surface area contributed by atoms with Crippen molar-refractivity contribution in [1.29, 1.82) is 0 Å². The largest absolute Gasteiger partial charge is 0.396 e. The predicted molar refractivity (Wildman–Crippen MR) is 97.6 cm³/mol. The first-order chi connectivity index (χ1) is 12.0. The number of aryl methyl sites for hydroxylation is 1. The highest BCUT2D eigenvalue weighted by Gasteiger charge is 2.24. The van der Waals surface area contributed by atoms with Gasteiger partial charge in [0.15, 0.2) is 5.65 Å². The molecule has 136 valence electrons. The van der Waals surface area contributed by atoms with E-state index in [4.69, 9.17) is 0 Å². The number of amides is 1. The number of hydrogen-bond donors (Lipinski definition) is 2. The summed E-state index contributed by atoms with van der Waals surface area (Å²) in [4.78, 5) is 17.5. The summed E-state index contributed by atoms with van der Waals surface area (Å²) in [7, 11) is 0.